The lowest BCUT2D eigenvalue weighted by atomic mass is 10.0. The Balaban J connectivity index is 0.00000338. The van der Waals surface area contributed by atoms with Gasteiger partial charge in [0.2, 0.25) is 5.56 Å². The number of unbranched alkanes of at least 4 members (excludes halogenated alkanes) is 2. The Morgan fingerprint density at radius 3 is 2.46 bits per heavy atom. The second-order valence-electron chi connectivity index (χ2n) is 7.01. The fraction of sp³-hybridized carbons (Fsp3) is 0.700. The molecule has 0 aliphatic heterocycles. The van der Waals surface area contributed by atoms with E-state index in [2.05, 4.69) is 15.6 Å². The van der Waals surface area contributed by atoms with Gasteiger partial charge in [0.15, 0.2) is 5.96 Å². The molecule has 1 heterocycles. The van der Waals surface area contributed by atoms with Gasteiger partial charge in [-0.2, -0.15) is 0 Å². The molecule has 0 atom stereocenters. The summed E-state index contributed by atoms with van der Waals surface area (Å²) in [6.45, 7) is 2.64. The summed E-state index contributed by atoms with van der Waals surface area (Å²) in [4.78, 5) is 15.9. The third-order valence-electron chi connectivity index (χ3n) is 5.05. The topological polar surface area (TPSA) is 58.4 Å². The lowest BCUT2D eigenvalue weighted by Crippen LogP contribution is -2.38. The normalized spacial score (nSPS) is 14.9. The quantitative estimate of drug-likeness (QED) is 0.235. The fourth-order valence-electron chi connectivity index (χ4n) is 3.54. The zero-order valence-corrected chi connectivity index (χ0v) is 18.4. The first-order valence-electron chi connectivity index (χ1n) is 9.89. The minimum absolute atomic E-state index is 0. The number of pyridine rings is 1. The van der Waals surface area contributed by atoms with Crippen LogP contribution in [0.25, 0.3) is 0 Å². The fourth-order valence-corrected chi connectivity index (χ4v) is 3.54. The van der Waals surface area contributed by atoms with Crippen molar-refractivity contribution in [2.75, 3.05) is 20.1 Å². The van der Waals surface area contributed by atoms with Crippen molar-refractivity contribution in [3.63, 3.8) is 0 Å². The molecule has 0 unspecified atom stereocenters. The van der Waals surface area contributed by atoms with Gasteiger partial charge >= 0.3 is 0 Å². The van der Waals surface area contributed by atoms with Gasteiger partial charge in [0.1, 0.15) is 0 Å². The summed E-state index contributed by atoms with van der Waals surface area (Å²) < 4.78 is 1.76. The molecule has 5 nitrogen and oxygen atoms in total. The van der Waals surface area contributed by atoms with Crippen LogP contribution in [0.1, 0.15) is 57.8 Å². The highest BCUT2D eigenvalue weighted by Gasteiger charge is 2.13. The van der Waals surface area contributed by atoms with Crippen LogP contribution in [0.15, 0.2) is 34.2 Å². The first-order valence-corrected chi connectivity index (χ1v) is 9.89. The largest absolute Gasteiger partial charge is 0.356 e. The second-order valence-corrected chi connectivity index (χ2v) is 7.01. The van der Waals surface area contributed by atoms with Crippen molar-refractivity contribution in [1.82, 2.24) is 15.2 Å². The third-order valence-corrected chi connectivity index (χ3v) is 5.05. The zero-order chi connectivity index (χ0) is 17.7. The van der Waals surface area contributed by atoms with Crippen LogP contribution in [0.2, 0.25) is 0 Å². The van der Waals surface area contributed by atoms with Crippen LogP contribution in [0.5, 0.6) is 0 Å². The predicted octanol–water partition coefficient (Wildman–Crippen LogP) is 3.77. The lowest BCUT2D eigenvalue weighted by molar-refractivity contribution is 0.472. The highest BCUT2D eigenvalue weighted by atomic mass is 127. The minimum Gasteiger partial charge on any atom is -0.356 e. The van der Waals surface area contributed by atoms with Gasteiger partial charge in [0.25, 0.3) is 0 Å². The summed E-state index contributed by atoms with van der Waals surface area (Å²) >= 11 is 0. The number of aromatic nitrogens is 1. The summed E-state index contributed by atoms with van der Waals surface area (Å²) in [5.41, 5.74) is 0.0746. The van der Waals surface area contributed by atoms with Crippen LogP contribution in [0.4, 0.5) is 0 Å². The maximum absolute atomic E-state index is 11.6. The minimum atomic E-state index is 0. The van der Waals surface area contributed by atoms with E-state index < -0.39 is 0 Å². The molecular weight excluding hydrogens is 439 g/mol. The van der Waals surface area contributed by atoms with Gasteiger partial charge in [-0.05, 0) is 31.2 Å². The van der Waals surface area contributed by atoms with E-state index in [-0.39, 0.29) is 29.5 Å². The molecule has 1 aliphatic carbocycles. The molecule has 1 saturated carbocycles. The molecule has 1 aromatic rings. The molecule has 148 valence electrons. The molecule has 0 spiro atoms. The number of aliphatic imine (C=N–C) groups is 1. The van der Waals surface area contributed by atoms with E-state index in [1.165, 1.54) is 44.9 Å². The smallest absolute Gasteiger partial charge is 0.250 e. The van der Waals surface area contributed by atoms with E-state index in [9.17, 15) is 4.79 Å². The molecule has 0 saturated heterocycles. The number of halogens is 1. The van der Waals surface area contributed by atoms with Crippen LogP contribution in [-0.2, 0) is 6.54 Å². The molecule has 0 amide bonds. The molecule has 0 bridgehead atoms. The molecule has 26 heavy (non-hydrogen) atoms. The van der Waals surface area contributed by atoms with Crippen LogP contribution in [0.3, 0.4) is 0 Å². The Kier molecular flexibility index (Phi) is 12.4. The Bertz CT molecular complexity index is 567. The van der Waals surface area contributed by atoms with Crippen LogP contribution < -0.4 is 16.2 Å². The molecule has 1 aliphatic rings. The Labute approximate surface area is 175 Å². The summed E-state index contributed by atoms with van der Waals surface area (Å²) in [5, 5.41) is 6.75. The summed E-state index contributed by atoms with van der Waals surface area (Å²) in [7, 11) is 1.82. The van der Waals surface area contributed by atoms with Crippen molar-refractivity contribution >= 4 is 29.9 Å². The lowest BCUT2D eigenvalue weighted by Gasteiger charge is -2.13. The number of rotatable bonds is 10. The summed E-state index contributed by atoms with van der Waals surface area (Å²) in [6.07, 6.45) is 13.6. The van der Waals surface area contributed by atoms with E-state index in [1.807, 2.05) is 19.3 Å². The maximum Gasteiger partial charge on any atom is 0.250 e. The maximum atomic E-state index is 11.6. The second kappa shape index (κ2) is 14.1. The van der Waals surface area contributed by atoms with Gasteiger partial charge in [-0.25, -0.2) is 0 Å². The molecule has 1 fully saturated rings. The van der Waals surface area contributed by atoms with E-state index in [0.717, 1.165) is 44.4 Å². The molecule has 2 rings (SSSR count). The van der Waals surface area contributed by atoms with E-state index in [4.69, 9.17) is 0 Å². The number of nitrogens with one attached hydrogen (secondary N) is 2. The van der Waals surface area contributed by atoms with Gasteiger partial charge < -0.3 is 15.2 Å². The van der Waals surface area contributed by atoms with Crippen LogP contribution in [0, 0.1) is 5.92 Å². The number of guanidine groups is 1. The molecule has 0 radical (unpaired) electrons. The van der Waals surface area contributed by atoms with E-state index >= 15 is 0 Å². The van der Waals surface area contributed by atoms with Gasteiger partial charge in [0.05, 0.1) is 0 Å². The van der Waals surface area contributed by atoms with E-state index in [0.29, 0.717) is 0 Å². The van der Waals surface area contributed by atoms with Gasteiger partial charge in [-0.3, -0.25) is 9.79 Å². The van der Waals surface area contributed by atoms with Crippen LogP contribution in [-0.4, -0.2) is 30.7 Å². The number of nitrogens with zero attached hydrogens (tertiary/aromatic N) is 2. The number of aryl methyl sites for hydroxylation is 1. The highest BCUT2D eigenvalue weighted by Crippen LogP contribution is 2.28. The molecule has 0 aromatic carbocycles. The number of hydrogen-bond acceptors (Lipinski definition) is 2. The van der Waals surface area contributed by atoms with Gasteiger partial charge in [-0.15, -0.1) is 24.0 Å². The Hall–Kier alpha value is -1.05. The van der Waals surface area contributed by atoms with Crippen molar-refractivity contribution in [3.05, 3.63) is 34.7 Å². The van der Waals surface area contributed by atoms with Crippen LogP contribution >= 0.6 is 24.0 Å². The predicted molar refractivity (Wildman–Crippen MR) is 121 cm³/mol. The van der Waals surface area contributed by atoms with Gasteiger partial charge in [0, 0.05) is 38.9 Å². The molecule has 2 N–H and O–H groups in total. The molecule has 6 heteroatoms. The first kappa shape index (κ1) is 23.0. The third kappa shape index (κ3) is 9.05. The summed E-state index contributed by atoms with van der Waals surface area (Å²) in [5.74, 6) is 1.88. The summed E-state index contributed by atoms with van der Waals surface area (Å²) in [6, 6.07) is 5.29. The zero-order valence-electron chi connectivity index (χ0n) is 16.1. The SMILES string of the molecule is CN=C(NCCCCC1CCCC1)NCCCCn1ccccc1=O.I. The average Bonchev–Trinajstić information content (AvgIpc) is 3.14. The van der Waals surface area contributed by atoms with E-state index in [1.54, 1.807) is 16.7 Å². The van der Waals surface area contributed by atoms with Crippen molar-refractivity contribution in [1.29, 1.82) is 0 Å². The van der Waals surface area contributed by atoms with Gasteiger partial charge in [-0.1, -0.05) is 44.6 Å². The Morgan fingerprint density at radius 2 is 1.81 bits per heavy atom. The van der Waals surface area contributed by atoms with Crippen molar-refractivity contribution in [2.24, 2.45) is 10.9 Å². The molecule has 1 aromatic heterocycles. The first-order chi connectivity index (χ1) is 12.3. The van der Waals surface area contributed by atoms with Crippen molar-refractivity contribution in [2.45, 2.75) is 64.3 Å². The monoisotopic (exact) mass is 474 g/mol. The standard InChI is InChI=1S/C20H34N4O.HI/c1-21-20(22-14-6-4-12-18-10-2-3-11-18)23-15-7-9-17-24-16-8-5-13-19(24)25;/h5,8,13,16,18H,2-4,6-7,9-12,14-15,17H2,1H3,(H2,21,22,23);1H. The van der Waals surface area contributed by atoms with Crippen molar-refractivity contribution in [3.8, 4) is 0 Å². The highest BCUT2D eigenvalue weighted by molar-refractivity contribution is 14.0. The van der Waals surface area contributed by atoms with Crippen molar-refractivity contribution < 1.29 is 0 Å². The molecular formula is C20H35IN4O. The Morgan fingerprint density at radius 1 is 1.12 bits per heavy atom. The number of hydrogen-bond donors (Lipinski definition) is 2. The average molecular weight is 474 g/mol.